The van der Waals surface area contributed by atoms with E-state index in [4.69, 9.17) is 9.15 Å². The molecule has 0 radical (unpaired) electrons. The minimum absolute atomic E-state index is 0.225. The van der Waals surface area contributed by atoms with Gasteiger partial charge in [-0.3, -0.25) is 0 Å². The Hall–Kier alpha value is -1.69. The number of thiophene rings is 1. The second-order valence-corrected chi connectivity index (χ2v) is 5.50. The monoisotopic (exact) mass is 279 g/mol. The van der Waals surface area contributed by atoms with Crippen molar-refractivity contribution in [1.82, 2.24) is 4.98 Å². The van der Waals surface area contributed by atoms with Crippen LogP contribution in [-0.2, 0) is 17.6 Å². The van der Waals surface area contributed by atoms with E-state index < -0.39 is 11.6 Å². The summed E-state index contributed by atoms with van der Waals surface area (Å²) in [4.78, 5) is 29.5. The number of ether oxygens (including phenoxy) is 1. The first-order chi connectivity index (χ1) is 9.20. The maximum Gasteiger partial charge on any atom is 0.394 e. The summed E-state index contributed by atoms with van der Waals surface area (Å²) in [7, 11) is 0. The zero-order chi connectivity index (χ0) is 13.4. The summed E-state index contributed by atoms with van der Waals surface area (Å²) in [6, 6.07) is 0. The van der Waals surface area contributed by atoms with Crippen LogP contribution in [0, 0.1) is 0 Å². The largest absolute Gasteiger partial charge is 0.459 e. The zero-order valence-electron chi connectivity index (χ0n) is 10.5. The zero-order valence-corrected chi connectivity index (χ0v) is 11.3. The van der Waals surface area contributed by atoms with E-state index in [2.05, 4.69) is 4.98 Å². The standard InChI is InChI=1S/C13H13NO4S/c1-2-17-13(16)10-14-11-9(12(15)18-10)7-5-3-4-6-8(7)19-11/h2-6H2,1H3. The van der Waals surface area contributed by atoms with Gasteiger partial charge in [-0.2, -0.15) is 4.98 Å². The average molecular weight is 279 g/mol. The summed E-state index contributed by atoms with van der Waals surface area (Å²) in [5, 5.41) is 0.549. The van der Waals surface area contributed by atoms with Gasteiger partial charge in [0.2, 0.25) is 0 Å². The summed E-state index contributed by atoms with van der Waals surface area (Å²) in [5.74, 6) is -0.939. The Kier molecular flexibility index (Phi) is 3.10. The molecule has 6 heteroatoms. The lowest BCUT2D eigenvalue weighted by Crippen LogP contribution is -2.13. The number of hydrogen-bond acceptors (Lipinski definition) is 6. The predicted molar refractivity (Wildman–Crippen MR) is 70.8 cm³/mol. The highest BCUT2D eigenvalue weighted by molar-refractivity contribution is 7.18. The molecule has 0 spiro atoms. The van der Waals surface area contributed by atoms with Crippen molar-refractivity contribution in [1.29, 1.82) is 0 Å². The van der Waals surface area contributed by atoms with Gasteiger partial charge in [-0.1, -0.05) is 0 Å². The van der Waals surface area contributed by atoms with E-state index in [0.29, 0.717) is 10.2 Å². The first-order valence-corrected chi connectivity index (χ1v) is 7.15. The molecule has 0 saturated carbocycles. The lowest BCUT2D eigenvalue weighted by Gasteiger charge is -2.09. The third-order valence-electron chi connectivity index (χ3n) is 3.20. The highest BCUT2D eigenvalue weighted by atomic mass is 32.1. The van der Waals surface area contributed by atoms with E-state index in [1.54, 1.807) is 6.92 Å². The molecule has 0 aliphatic heterocycles. The van der Waals surface area contributed by atoms with Crippen LogP contribution in [0.25, 0.3) is 10.2 Å². The van der Waals surface area contributed by atoms with Crippen molar-refractivity contribution in [3.8, 4) is 0 Å². The molecule has 0 atom stereocenters. The summed E-state index contributed by atoms with van der Waals surface area (Å²) in [5.41, 5.74) is 0.579. The van der Waals surface area contributed by atoms with Gasteiger partial charge in [0.05, 0.1) is 6.61 Å². The summed E-state index contributed by atoms with van der Waals surface area (Å²) in [6.45, 7) is 1.92. The van der Waals surface area contributed by atoms with E-state index in [1.165, 1.54) is 16.2 Å². The van der Waals surface area contributed by atoms with Gasteiger partial charge in [0.25, 0.3) is 0 Å². The van der Waals surface area contributed by atoms with Gasteiger partial charge in [0, 0.05) is 4.88 Å². The molecule has 19 heavy (non-hydrogen) atoms. The van der Waals surface area contributed by atoms with Crippen LogP contribution in [0.3, 0.4) is 0 Å². The van der Waals surface area contributed by atoms with Crippen LogP contribution in [0.2, 0.25) is 0 Å². The fourth-order valence-corrected chi connectivity index (χ4v) is 3.62. The van der Waals surface area contributed by atoms with Crippen molar-refractivity contribution in [3.63, 3.8) is 0 Å². The summed E-state index contributed by atoms with van der Waals surface area (Å²) >= 11 is 1.48. The third-order valence-corrected chi connectivity index (χ3v) is 4.39. The number of rotatable bonds is 2. The molecule has 0 unspecified atom stereocenters. The van der Waals surface area contributed by atoms with Gasteiger partial charge < -0.3 is 9.15 Å². The van der Waals surface area contributed by atoms with E-state index in [9.17, 15) is 9.59 Å². The molecule has 2 aromatic rings. The van der Waals surface area contributed by atoms with Crippen molar-refractivity contribution >= 4 is 27.5 Å². The first kappa shape index (κ1) is 12.3. The number of fused-ring (bicyclic) bond motifs is 3. The van der Waals surface area contributed by atoms with Gasteiger partial charge in [-0.15, -0.1) is 11.3 Å². The normalized spacial score (nSPS) is 14.4. The Balaban J connectivity index is 2.17. The molecular formula is C13H13NO4S. The summed E-state index contributed by atoms with van der Waals surface area (Å²) < 4.78 is 9.80. The Bertz CT molecular complexity index is 700. The van der Waals surface area contributed by atoms with Crippen molar-refractivity contribution in [2.24, 2.45) is 0 Å². The number of hydrogen-bond donors (Lipinski definition) is 0. The molecule has 3 rings (SSSR count). The fraction of sp³-hybridized carbons (Fsp3) is 0.462. The summed E-state index contributed by atoms with van der Waals surface area (Å²) in [6.07, 6.45) is 4.08. The van der Waals surface area contributed by atoms with Gasteiger partial charge in [-0.05, 0) is 38.2 Å². The molecule has 100 valence electrons. The second-order valence-electron chi connectivity index (χ2n) is 4.42. The molecule has 1 aliphatic carbocycles. The van der Waals surface area contributed by atoms with Crippen molar-refractivity contribution in [3.05, 3.63) is 26.8 Å². The number of esters is 1. The fourth-order valence-electron chi connectivity index (χ4n) is 2.37. The molecule has 2 heterocycles. The average Bonchev–Trinajstić information content (AvgIpc) is 2.77. The van der Waals surface area contributed by atoms with Crippen LogP contribution in [0.5, 0.6) is 0 Å². The van der Waals surface area contributed by atoms with Crippen LogP contribution >= 0.6 is 11.3 Å². The highest BCUT2D eigenvalue weighted by Gasteiger charge is 2.23. The van der Waals surface area contributed by atoms with Crippen LogP contribution in [0.1, 0.15) is 40.9 Å². The van der Waals surface area contributed by atoms with E-state index in [-0.39, 0.29) is 12.5 Å². The maximum absolute atomic E-state index is 12.0. The molecule has 0 N–H and O–H groups in total. The number of aromatic nitrogens is 1. The highest BCUT2D eigenvalue weighted by Crippen LogP contribution is 2.33. The molecule has 0 fully saturated rings. The van der Waals surface area contributed by atoms with Crippen molar-refractivity contribution in [2.45, 2.75) is 32.6 Å². The third kappa shape index (κ3) is 2.06. The minimum atomic E-state index is -0.687. The van der Waals surface area contributed by atoms with Gasteiger partial charge in [-0.25, -0.2) is 9.59 Å². The predicted octanol–water partition coefficient (Wildman–Crippen LogP) is 2.31. The minimum Gasteiger partial charge on any atom is -0.459 e. The molecule has 1 aliphatic rings. The molecule has 0 bridgehead atoms. The molecule has 5 nitrogen and oxygen atoms in total. The van der Waals surface area contributed by atoms with Crippen molar-refractivity contribution < 1.29 is 13.9 Å². The Morgan fingerprint density at radius 1 is 1.42 bits per heavy atom. The van der Waals surface area contributed by atoms with Gasteiger partial charge in [0.15, 0.2) is 0 Å². The second kappa shape index (κ2) is 4.77. The number of aryl methyl sites for hydroxylation is 2. The quantitative estimate of drug-likeness (QED) is 0.789. The number of carbonyl (C=O) groups is 1. The lowest BCUT2D eigenvalue weighted by atomic mass is 9.97. The molecular weight excluding hydrogens is 266 g/mol. The number of carbonyl (C=O) groups excluding carboxylic acids is 1. The van der Waals surface area contributed by atoms with Gasteiger partial charge >= 0.3 is 17.5 Å². The first-order valence-electron chi connectivity index (χ1n) is 6.33. The molecule has 0 amide bonds. The SMILES string of the molecule is CCOC(=O)c1nc2sc3c(c2c(=O)o1)CCCC3. The van der Waals surface area contributed by atoms with Crippen LogP contribution in [-0.4, -0.2) is 17.6 Å². The topological polar surface area (TPSA) is 69.4 Å². The molecule has 0 saturated heterocycles. The Morgan fingerprint density at radius 3 is 3.00 bits per heavy atom. The van der Waals surface area contributed by atoms with E-state index >= 15 is 0 Å². The van der Waals surface area contributed by atoms with Crippen LogP contribution in [0.15, 0.2) is 9.21 Å². The molecule has 2 aromatic heterocycles. The maximum atomic E-state index is 12.0. The van der Waals surface area contributed by atoms with Crippen LogP contribution in [0.4, 0.5) is 0 Å². The Labute approximate surface area is 113 Å². The van der Waals surface area contributed by atoms with E-state index in [0.717, 1.165) is 31.2 Å². The van der Waals surface area contributed by atoms with Crippen molar-refractivity contribution in [2.75, 3.05) is 6.61 Å². The number of nitrogens with zero attached hydrogens (tertiary/aromatic N) is 1. The molecule has 0 aromatic carbocycles. The smallest absolute Gasteiger partial charge is 0.394 e. The van der Waals surface area contributed by atoms with Crippen LogP contribution < -0.4 is 5.63 Å². The van der Waals surface area contributed by atoms with Gasteiger partial charge in [0.1, 0.15) is 10.2 Å². The Morgan fingerprint density at radius 2 is 2.21 bits per heavy atom. The van der Waals surface area contributed by atoms with E-state index in [1.807, 2.05) is 0 Å². The lowest BCUT2D eigenvalue weighted by molar-refractivity contribution is 0.0474.